The van der Waals surface area contributed by atoms with Gasteiger partial charge in [0.1, 0.15) is 10.0 Å². The topological polar surface area (TPSA) is 48.0 Å². The summed E-state index contributed by atoms with van der Waals surface area (Å²) < 4.78 is 17.0. The van der Waals surface area contributed by atoms with Crippen molar-refractivity contribution in [3.63, 3.8) is 0 Å². The molecule has 2 fully saturated rings. The minimum atomic E-state index is -0.314. The molecule has 0 bridgehead atoms. The number of rotatable bonds is 2. The van der Waals surface area contributed by atoms with E-state index in [2.05, 4.69) is 22.6 Å². The number of likely N-dealkylation sites (N-methyl/N-ethyl adjacent to an activating group) is 1. The second kappa shape index (κ2) is 4.89. The molecule has 0 spiro atoms. The fourth-order valence-corrected chi connectivity index (χ4v) is 3.26. The highest BCUT2D eigenvalue weighted by molar-refractivity contribution is 14.1. The average molecular weight is 355 g/mol. The van der Waals surface area contributed by atoms with Crippen LogP contribution in [0.2, 0.25) is 0 Å². The Labute approximate surface area is 115 Å². The third-order valence-corrected chi connectivity index (χ3v) is 4.41. The van der Waals surface area contributed by atoms with Crippen LogP contribution in [0.1, 0.15) is 20.8 Å². The van der Waals surface area contributed by atoms with Crippen molar-refractivity contribution >= 4 is 28.7 Å². The fraction of sp³-hybridized carbons (Fsp3) is 0.909. The molecule has 6 heteroatoms. The average Bonchev–Trinajstić information content (AvgIpc) is 2.52. The zero-order valence-corrected chi connectivity index (χ0v) is 12.6. The maximum absolute atomic E-state index is 11.6. The standard InChI is InChI=1S/C11H18INO4/c1-5(2)15-10-7(12)9-8(6(3)16-10)13(4)11(14)17-9/h5-10H,1-4H3/t6-,7+,8-,9+,10+/m1/s1. The number of amides is 1. The fourth-order valence-electron chi connectivity index (χ4n) is 2.34. The third kappa shape index (κ3) is 2.39. The van der Waals surface area contributed by atoms with E-state index >= 15 is 0 Å². The summed E-state index contributed by atoms with van der Waals surface area (Å²) in [5.74, 6) is 0. The van der Waals surface area contributed by atoms with Crippen molar-refractivity contribution in [1.29, 1.82) is 0 Å². The lowest BCUT2D eigenvalue weighted by Crippen LogP contribution is -2.57. The van der Waals surface area contributed by atoms with Crippen LogP contribution in [0.15, 0.2) is 0 Å². The van der Waals surface area contributed by atoms with Crippen LogP contribution in [-0.2, 0) is 14.2 Å². The summed E-state index contributed by atoms with van der Waals surface area (Å²) in [5, 5.41) is 0. The summed E-state index contributed by atoms with van der Waals surface area (Å²) in [7, 11) is 1.75. The number of hydrogen-bond acceptors (Lipinski definition) is 4. The molecule has 1 amide bonds. The molecule has 0 radical (unpaired) electrons. The number of nitrogens with zero attached hydrogens (tertiary/aromatic N) is 1. The summed E-state index contributed by atoms with van der Waals surface area (Å²) in [6, 6.07) is -0.0172. The summed E-state index contributed by atoms with van der Waals surface area (Å²) in [4.78, 5) is 13.2. The minimum absolute atomic E-state index is 0.0172. The highest BCUT2D eigenvalue weighted by Crippen LogP contribution is 2.36. The van der Waals surface area contributed by atoms with Crippen LogP contribution in [0.4, 0.5) is 4.79 Å². The molecule has 0 N–H and O–H groups in total. The van der Waals surface area contributed by atoms with E-state index < -0.39 is 0 Å². The lowest BCUT2D eigenvalue weighted by molar-refractivity contribution is -0.221. The summed E-state index contributed by atoms with van der Waals surface area (Å²) in [6.45, 7) is 5.89. The molecule has 17 heavy (non-hydrogen) atoms. The Kier molecular flexibility index (Phi) is 3.84. The van der Waals surface area contributed by atoms with E-state index in [-0.39, 0.29) is 40.7 Å². The number of alkyl halides is 1. The van der Waals surface area contributed by atoms with Crippen LogP contribution < -0.4 is 0 Å². The number of ether oxygens (including phenoxy) is 3. The first-order valence-electron chi connectivity index (χ1n) is 5.80. The van der Waals surface area contributed by atoms with Gasteiger partial charge in [-0.05, 0) is 20.8 Å². The molecule has 0 aromatic heterocycles. The maximum atomic E-state index is 11.6. The number of hydrogen-bond donors (Lipinski definition) is 0. The van der Waals surface area contributed by atoms with Crippen molar-refractivity contribution in [2.24, 2.45) is 0 Å². The lowest BCUT2D eigenvalue weighted by atomic mass is 9.99. The van der Waals surface area contributed by atoms with Crippen LogP contribution in [0.25, 0.3) is 0 Å². The number of halogens is 1. The van der Waals surface area contributed by atoms with Crippen molar-refractivity contribution in [3.05, 3.63) is 0 Å². The van der Waals surface area contributed by atoms with Gasteiger partial charge in [-0.2, -0.15) is 0 Å². The van der Waals surface area contributed by atoms with E-state index in [0.717, 1.165) is 0 Å². The van der Waals surface area contributed by atoms with Crippen LogP contribution in [-0.4, -0.2) is 52.6 Å². The highest BCUT2D eigenvalue weighted by Gasteiger charge is 2.53. The predicted octanol–water partition coefficient (Wildman–Crippen LogP) is 1.78. The van der Waals surface area contributed by atoms with Gasteiger partial charge < -0.3 is 19.1 Å². The molecule has 5 nitrogen and oxygen atoms in total. The molecule has 0 unspecified atom stereocenters. The molecule has 0 saturated carbocycles. The second-order valence-electron chi connectivity index (χ2n) is 4.79. The predicted molar refractivity (Wildman–Crippen MR) is 70.2 cm³/mol. The van der Waals surface area contributed by atoms with Crippen LogP contribution in [0, 0.1) is 0 Å². The molecule has 5 atom stereocenters. The Morgan fingerprint density at radius 2 is 2.12 bits per heavy atom. The third-order valence-electron chi connectivity index (χ3n) is 3.12. The summed E-state index contributed by atoms with van der Waals surface area (Å²) in [5.41, 5.74) is 0. The van der Waals surface area contributed by atoms with Gasteiger partial charge in [0.05, 0.1) is 18.2 Å². The Morgan fingerprint density at radius 3 is 2.71 bits per heavy atom. The summed E-state index contributed by atoms with van der Waals surface area (Å²) in [6.07, 6.45) is -0.726. The van der Waals surface area contributed by atoms with E-state index in [1.54, 1.807) is 11.9 Å². The molecule has 0 aromatic rings. The zero-order valence-electron chi connectivity index (χ0n) is 10.4. The molecule has 2 aliphatic heterocycles. The van der Waals surface area contributed by atoms with Crippen LogP contribution >= 0.6 is 22.6 Å². The molecule has 0 aliphatic carbocycles. The van der Waals surface area contributed by atoms with Gasteiger partial charge in [-0.1, -0.05) is 22.6 Å². The van der Waals surface area contributed by atoms with Gasteiger partial charge >= 0.3 is 6.09 Å². The first-order valence-corrected chi connectivity index (χ1v) is 7.05. The van der Waals surface area contributed by atoms with E-state index in [1.807, 2.05) is 20.8 Å². The molecule has 98 valence electrons. The van der Waals surface area contributed by atoms with Gasteiger partial charge in [0.15, 0.2) is 6.29 Å². The lowest BCUT2D eigenvalue weighted by Gasteiger charge is -2.40. The Morgan fingerprint density at radius 1 is 1.47 bits per heavy atom. The van der Waals surface area contributed by atoms with Gasteiger partial charge in [0.2, 0.25) is 0 Å². The highest BCUT2D eigenvalue weighted by atomic mass is 127. The van der Waals surface area contributed by atoms with Gasteiger partial charge in [-0.25, -0.2) is 4.79 Å². The van der Waals surface area contributed by atoms with Crippen molar-refractivity contribution in [2.45, 2.75) is 55.3 Å². The smallest absolute Gasteiger partial charge is 0.410 e. The number of carbonyl (C=O) groups is 1. The first kappa shape index (κ1) is 13.4. The quantitative estimate of drug-likeness (QED) is 0.560. The van der Waals surface area contributed by atoms with Crippen molar-refractivity contribution in [1.82, 2.24) is 4.90 Å². The Hall–Kier alpha value is -0.0800. The zero-order chi connectivity index (χ0) is 12.7. The molecule has 2 heterocycles. The molecule has 0 aromatic carbocycles. The van der Waals surface area contributed by atoms with Crippen LogP contribution in [0.3, 0.4) is 0 Å². The monoisotopic (exact) mass is 355 g/mol. The van der Waals surface area contributed by atoms with Crippen molar-refractivity contribution in [3.8, 4) is 0 Å². The molecule has 2 rings (SSSR count). The number of fused-ring (bicyclic) bond motifs is 1. The number of carbonyl (C=O) groups excluding carboxylic acids is 1. The summed E-state index contributed by atoms with van der Waals surface area (Å²) >= 11 is 2.25. The van der Waals surface area contributed by atoms with E-state index in [9.17, 15) is 4.79 Å². The molecular weight excluding hydrogens is 337 g/mol. The van der Waals surface area contributed by atoms with Gasteiger partial charge in [0.25, 0.3) is 0 Å². The molecule has 2 saturated heterocycles. The normalized spacial score (nSPS) is 41.6. The largest absolute Gasteiger partial charge is 0.442 e. The van der Waals surface area contributed by atoms with E-state index in [0.29, 0.717) is 0 Å². The van der Waals surface area contributed by atoms with E-state index in [1.165, 1.54) is 0 Å². The van der Waals surface area contributed by atoms with Crippen LogP contribution in [0.5, 0.6) is 0 Å². The maximum Gasteiger partial charge on any atom is 0.410 e. The Bertz CT molecular complexity index is 312. The molecular formula is C11H18INO4. The first-order chi connectivity index (χ1) is 7.91. The Balaban J connectivity index is 2.14. The second-order valence-corrected chi connectivity index (χ2v) is 6.23. The molecule has 2 aliphatic rings. The van der Waals surface area contributed by atoms with Gasteiger partial charge in [-0.3, -0.25) is 0 Å². The minimum Gasteiger partial charge on any atom is -0.442 e. The van der Waals surface area contributed by atoms with Gasteiger partial charge in [-0.15, -0.1) is 0 Å². The van der Waals surface area contributed by atoms with Crippen molar-refractivity contribution < 1.29 is 19.0 Å². The SMILES string of the molecule is CC(C)O[C@H]1O[C@H](C)[C@@H]2[C@@H](OC(=O)N2C)[C@@H]1I. The van der Waals surface area contributed by atoms with Gasteiger partial charge in [0, 0.05) is 7.05 Å². The van der Waals surface area contributed by atoms with Crippen molar-refractivity contribution in [2.75, 3.05) is 7.05 Å². The van der Waals surface area contributed by atoms with E-state index in [4.69, 9.17) is 14.2 Å².